The van der Waals surface area contributed by atoms with Crippen molar-refractivity contribution in [3.05, 3.63) is 48.0 Å². The molecule has 9 nitrogen and oxygen atoms in total. The standard InChI is InChI=1S/C29H42N4O5/c1-3-38-29(37)33(24-11-5-4-6-12-24)19-20(2)27(35)32-26(28(36)31-18-25(34)17-30)16-21-13-14-22-9-7-8-10-23(22)15-21/h7-10,13-15,20,24-26,34H,3-6,11-12,16-19,30H2,1-2H3,(H,31,36)(H,32,35)/t20?,25?,26-/m1/s1. The van der Waals surface area contributed by atoms with Gasteiger partial charge >= 0.3 is 6.09 Å². The van der Waals surface area contributed by atoms with E-state index in [1.807, 2.05) is 42.5 Å². The monoisotopic (exact) mass is 526 g/mol. The topological polar surface area (TPSA) is 134 Å². The quantitative estimate of drug-likeness (QED) is 0.336. The molecule has 0 heterocycles. The molecule has 38 heavy (non-hydrogen) atoms. The van der Waals surface area contributed by atoms with Crippen LogP contribution in [0.2, 0.25) is 0 Å². The maximum Gasteiger partial charge on any atom is 0.410 e. The molecule has 2 unspecified atom stereocenters. The van der Waals surface area contributed by atoms with Crippen molar-refractivity contribution in [2.45, 2.75) is 70.6 Å². The first-order valence-corrected chi connectivity index (χ1v) is 13.7. The number of benzene rings is 2. The van der Waals surface area contributed by atoms with Crippen LogP contribution in [0, 0.1) is 5.92 Å². The Morgan fingerprint density at radius 2 is 1.79 bits per heavy atom. The van der Waals surface area contributed by atoms with Crippen LogP contribution < -0.4 is 16.4 Å². The molecular weight excluding hydrogens is 484 g/mol. The minimum atomic E-state index is -0.872. The minimum Gasteiger partial charge on any atom is -0.450 e. The Labute approximate surface area is 225 Å². The molecular formula is C29H42N4O5. The van der Waals surface area contributed by atoms with Crippen molar-refractivity contribution in [1.82, 2.24) is 15.5 Å². The largest absolute Gasteiger partial charge is 0.450 e. The average molecular weight is 527 g/mol. The number of ether oxygens (including phenoxy) is 1. The molecule has 3 atom stereocenters. The number of hydrogen-bond donors (Lipinski definition) is 4. The van der Waals surface area contributed by atoms with E-state index in [0.717, 1.165) is 48.4 Å². The summed E-state index contributed by atoms with van der Waals surface area (Å²) in [6.45, 7) is 4.02. The Hall–Kier alpha value is -3.17. The lowest BCUT2D eigenvalue weighted by Crippen LogP contribution is -2.53. The van der Waals surface area contributed by atoms with Crippen molar-refractivity contribution < 1.29 is 24.2 Å². The predicted molar refractivity (Wildman–Crippen MR) is 147 cm³/mol. The molecule has 0 spiro atoms. The van der Waals surface area contributed by atoms with Gasteiger partial charge < -0.3 is 31.1 Å². The summed E-state index contributed by atoms with van der Waals surface area (Å²) in [5.74, 6) is -1.28. The van der Waals surface area contributed by atoms with Crippen molar-refractivity contribution in [3.8, 4) is 0 Å². The Morgan fingerprint density at radius 3 is 2.47 bits per heavy atom. The van der Waals surface area contributed by atoms with Gasteiger partial charge in [-0.2, -0.15) is 0 Å². The summed E-state index contributed by atoms with van der Waals surface area (Å²) >= 11 is 0. The number of carbonyl (C=O) groups excluding carboxylic acids is 3. The zero-order valence-electron chi connectivity index (χ0n) is 22.5. The van der Waals surface area contributed by atoms with Gasteiger partial charge in [-0.25, -0.2) is 4.79 Å². The van der Waals surface area contributed by atoms with Crippen molar-refractivity contribution in [2.24, 2.45) is 11.7 Å². The van der Waals surface area contributed by atoms with Crippen LogP contribution in [0.1, 0.15) is 51.5 Å². The third-order valence-corrected chi connectivity index (χ3v) is 7.11. The second-order valence-corrected chi connectivity index (χ2v) is 10.1. The lowest BCUT2D eigenvalue weighted by atomic mass is 9.93. The van der Waals surface area contributed by atoms with Crippen LogP contribution in [0.15, 0.2) is 42.5 Å². The maximum atomic E-state index is 13.3. The van der Waals surface area contributed by atoms with Crippen molar-refractivity contribution in [1.29, 1.82) is 0 Å². The molecule has 208 valence electrons. The van der Waals surface area contributed by atoms with E-state index in [0.29, 0.717) is 0 Å². The Morgan fingerprint density at radius 1 is 1.08 bits per heavy atom. The molecule has 9 heteroatoms. The summed E-state index contributed by atoms with van der Waals surface area (Å²) in [7, 11) is 0. The van der Waals surface area contributed by atoms with E-state index in [-0.39, 0.29) is 44.6 Å². The van der Waals surface area contributed by atoms with Crippen LogP contribution in [0.25, 0.3) is 10.8 Å². The summed E-state index contributed by atoms with van der Waals surface area (Å²) in [5.41, 5.74) is 6.37. The van der Waals surface area contributed by atoms with E-state index in [4.69, 9.17) is 10.5 Å². The number of aliphatic hydroxyl groups excluding tert-OH is 1. The molecule has 2 aromatic carbocycles. The molecule has 1 fully saturated rings. The fraction of sp³-hybridized carbons (Fsp3) is 0.552. The van der Waals surface area contributed by atoms with Gasteiger partial charge in [-0.1, -0.05) is 68.7 Å². The number of aliphatic hydroxyl groups is 1. The van der Waals surface area contributed by atoms with Crippen LogP contribution in [0.4, 0.5) is 4.79 Å². The van der Waals surface area contributed by atoms with Gasteiger partial charge in [0.25, 0.3) is 0 Å². The summed E-state index contributed by atoms with van der Waals surface area (Å²) in [6, 6.07) is 13.1. The smallest absolute Gasteiger partial charge is 0.410 e. The highest BCUT2D eigenvalue weighted by Gasteiger charge is 2.31. The minimum absolute atomic E-state index is 0.00665. The maximum absolute atomic E-state index is 13.3. The lowest BCUT2D eigenvalue weighted by Gasteiger charge is -2.35. The van der Waals surface area contributed by atoms with Crippen molar-refractivity contribution in [3.63, 3.8) is 0 Å². The van der Waals surface area contributed by atoms with Gasteiger partial charge in [-0.15, -0.1) is 0 Å². The number of nitrogens with zero attached hydrogens (tertiary/aromatic N) is 1. The number of rotatable bonds is 12. The zero-order valence-corrected chi connectivity index (χ0v) is 22.5. The number of carbonyl (C=O) groups is 3. The van der Waals surface area contributed by atoms with Gasteiger partial charge in [0.15, 0.2) is 0 Å². The molecule has 2 aromatic rings. The van der Waals surface area contributed by atoms with Gasteiger partial charge in [0.05, 0.1) is 18.6 Å². The number of amides is 3. The van der Waals surface area contributed by atoms with Crippen molar-refractivity contribution >= 4 is 28.7 Å². The van der Waals surface area contributed by atoms with E-state index >= 15 is 0 Å². The first-order valence-electron chi connectivity index (χ1n) is 13.7. The molecule has 1 saturated carbocycles. The number of hydrogen-bond acceptors (Lipinski definition) is 6. The van der Waals surface area contributed by atoms with Gasteiger partial charge in [0.2, 0.25) is 11.8 Å². The highest BCUT2D eigenvalue weighted by molar-refractivity contribution is 5.89. The summed E-state index contributed by atoms with van der Waals surface area (Å²) in [5, 5.41) is 17.5. The first kappa shape index (κ1) is 29.4. The average Bonchev–Trinajstić information content (AvgIpc) is 2.94. The van der Waals surface area contributed by atoms with Gasteiger partial charge in [0.1, 0.15) is 6.04 Å². The molecule has 0 saturated heterocycles. The Kier molecular flexibility index (Phi) is 11.4. The molecule has 0 aliphatic heterocycles. The Balaban J connectivity index is 1.73. The fourth-order valence-electron chi connectivity index (χ4n) is 4.90. The van der Waals surface area contributed by atoms with Crippen LogP contribution in [0.3, 0.4) is 0 Å². The van der Waals surface area contributed by atoms with Crippen LogP contribution in [0.5, 0.6) is 0 Å². The summed E-state index contributed by atoms with van der Waals surface area (Å²) in [6.07, 6.45) is 4.02. The molecule has 1 aliphatic rings. The van der Waals surface area contributed by atoms with Crippen LogP contribution in [-0.2, 0) is 20.7 Å². The lowest BCUT2D eigenvalue weighted by molar-refractivity contribution is -0.131. The molecule has 3 amide bonds. The Bertz CT molecular complexity index is 1070. The second-order valence-electron chi connectivity index (χ2n) is 10.1. The van der Waals surface area contributed by atoms with E-state index in [9.17, 15) is 19.5 Å². The zero-order chi connectivity index (χ0) is 27.5. The summed E-state index contributed by atoms with van der Waals surface area (Å²) < 4.78 is 5.29. The number of nitrogens with two attached hydrogens (primary N) is 1. The van der Waals surface area contributed by atoms with Crippen LogP contribution >= 0.6 is 0 Å². The summed E-state index contributed by atoms with van der Waals surface area (Å²) in [4.78, 5) is 40.8. The molecule has 3 rings (SSSR count). The SMILES string of the molecule is CCOC(=O)N(CC(C)C(=O)N[C@H](Cc1ccc2ccccc2c1)C(=O)NCC(O)CN)C1CCCCC1. The van der Waals surface area contributed by atoms with Gasteiger partial charge in [-0.05, 0) is 36.1 Å². The van der Waals surface area contributed by atoms with Gasteiger partial charge in [0, 0.05) is 32.1 Å². The van der Waals surface area contributed by atoms with Crippen LogP contribution in [-0.4, -0.2) is 72.3 Å². The van der Waals surface area contributed by atoms with E-state index in [1.54, 1.807) is 18.7 Å². The highest BCUT2D eigenvalue weighted by atomic mass is 16.6. The first-order chi connectivity index (χ1) is 18.3. The van der Waals surface area contributed by atoms with E-state index in [1.165, 1.54) is 0 Å². The molecule has 5 N–H and O–H groups in total. The van der Waals surface area contributed by atoms with Gasteiger partial charge in [-0.3, -0.25) is 9.59 Å². The second kappa shape index (κ2) is 14.7. The third-order valence-electron chi connectivity index (χ3n) is 7.11. The molecule has 1 aliphatic carbocycles. The highest BCUT2D eigenvalue weighted by Crippen LogP contribution is 2.24. The van der Waals surface area contributed by atoms with E-state index in [2.05, 4.69) is 10.6 Å². The van der Waals surface area contributed by atoms with E-state index < -0.39 is 30.1 Å². The number of nitrogens with one attached hydrogen (secondary N) is 2. The molecule has 0 radical (unpaired) electrons. The third kappa shape index (κ3) is 8.43. The fourth-order valence-corrected chi connectivity index (χ4v) is 4.90. The molecule has 0 aromatic heterocycles. The van der Waals surface area contributed by atoms with Crippen molar-refractivity contribution in [2.75, 3.05) is 26.2 Å². The predicted octanol–water partition coefficient (Wildman–Crippen LogP) is 2.73. The number of fused-ring (bicyclic) bond motifs is 1. The molecule has 0 bridgehead atoms. The normalized spacial score (nSPS) is 16.3.